The van der Waals surface area contributed by atoms with Gasteiger partial charge < -0.3 is 5.11 Å². The number of rotatable bonds is 3. The zero-order valence-corrected chi connectivity index (χ0v) is 8.63. The van der Waals surface area contributed by atoms with Gasteiger partial charge in [-0.1, -0.05) is 60.7 Å². The molecule has 0 atom stereocenters. The topological polar surface area (TPSA) is 37.3 Å². The third-order valence-corrected chi connectivity index (χ3v) is 2.53. The average molecular weight is 211 g/mol. The van der Waals surface area contributed by atoms with Crippen molar-refractivity contribution in [1.82, 2.24) is 0 Å². The van der Waals surface area contributed by atoms with E-state index in [-0.39, 0.29) is 0 Å². The lowest BCUT2D eigenvalue weighted by Crippen LogP contribution is -2.28. The van der Waals surface area contributed by atoms with Crippen molar-refractivity contribution >= 4 is 6.29 Å². The molecule has 1 N–H and O–H groups in total. The molecule has 0 heterocycles. The standard InChI is InChI=1S/C14H11O2/c15-11-14(16,12-7-3-1-4-8-12)13-9-5-2-6-10-13/h1-10,16H. The van der Waals surface area contributed by atoms with Gasteiger partial charge in [-0.15, -0.1) is 0 Å². The van der Waals surface area contributed by atoms with Gasteiger partial charge in [-0.3, -0.25) is 4.79 Å². The highest BCUT2D eigenvalue weighted by atomic mass is 16.3. The molecule has 0 aliphatic carbocycles. The quantitative estimate of drug-likeness (QED) is 0.843. The lowest BCUT2D eigenvalue weighted by atomic mass is 9.88. The predicted molar refractivity (Wildman–Crippen MR) is 61.6 cm³/mol. The van der Waals surface area contributed by atoms with Crippen LogP contribution < -0.4 is 0 Å². The first-order valence-corrected chi connectivity index (χ1v) is 5.00. The van der Waals surface area contributed by atoms with Crippen LogP contribution in [0.5, 0.6) is 0 Å². The van der Waals surface area contributed by atoms with Gasteiger partial charge in [0.05, 0.1) is 0 Å². The van der Waals surface area contributed by atoms with Crippen molar-refractivity contribution in [2.75, 3.05) is 0 Å². The summed E-state index contributed by atoms with van der Waals surface area (Å²) in [6.07, 6.45) is 1.72. The summed E-state index contributed by atoms with van der Waals surface area (Å²) < 4.78 is 0. The summed E-state index contributed by atoms with van der Waals surface area (Å²) in [5.41, 5.74) is -0.630. The van der Waals surface area contributed by atoms with E-state index in [1.807, 2.05) is 12.1 Å². The van der Waals surface area contributed by atoms with Crippen LogP contribution in [0.25, 0.3) is 0 Å². The van der Waals surface area contributed by atoms with Crippen LogP contribution >= 0.6 is 0 Å². The molecule has 0 aromatic heterocycles. The van der Waals surface area contributed by atoms with Crippen molar-refractivity contribution in [2.45, 2.75) is 5.60 Å². The Hall–Kier alpha value is -1.93. The third-order valence-electron chi connectivity index (χ3n) is 2.53. The van der Waals surface area contributed by atoms with Gasteiger partial charge in [0.1, 0.15) is 0 Å². The molecule has 0 bridgehead atoms. The van der Waals surface area contributed by atoms with E-state index in [0.29, 0.717) is 11.1 Å². The van der Waals surface area contributed by atoms with E-state index in [2.05, 4.69) is 0 Å². The van der Waals surface area contributed by atoms with Gasteiger partial charge in [-0.05, 0) is 11.1 Å². The molecule has 1 radical (unpaired) electrons. The molecule has 2 heteroatoms. The van der Waals surface area contributed by atoms with Crippen LogP contribution in [0.1, 0.15) is 11.1 Å². The fourth-order valence-corrected chi connectivity index (χ4v) is 1.64. The highest BCUT2D eigenvalue weighted by molar-refractivity contribution is 5.72. The molecule has 0 saturated heterocycles. The summed E-state index contributed by atoms with van der Waals surface area (Å²) in [7, 11) is 0. The Kier molecular flexibility index (Phi) is 2.84. The Bertz CT molecular complexity index is 423. The zero-order chi connectivity index (χ0) is 11.4. The molecule has 0 unspecified atom stereocenters. The normalized spacial score (nSPS) is 11.1. The number of benzene rings is 2. The van der Waals surface area contributed by atoms with Crippen molar-refractivity contribution in [3.05, 3.63) is 71.8 Å². The molecule has 0 fully saturated rings. The van der Waals surface area contributed by atoms with E-state index in [9.17, 15) is 9.90 Å². The van der Waals surface area contributed by atoms with Gasteiger partial charge in [-0.25, -0.2) is 0 Å². The van der Waals surface area contributed by atoms with Crippen LogP contribution in [0, 0.1) is 0 Å². The molecule has 2 nitrogen and oxygen atoms in total. The largest absolute Gasteiger partial charge is 0.373 e. The highest BCUT2D eigenvalue weighted by Gasteiger charge is 2.31. The molecular formula is C14H11O2. The first-order chi connectivity index (χ1) is 7.77. The summed E-state index contributed by atoms with van der Waals surface area (Å²) >= 11 is 0. The molecule has 2 aromatic rings. The first-order valence-electron chi connectivity index (χ1n) is 5.00. The molecule has 79 valence electrons. The van der Waals surface area contributed by atoms with Gasteiger partial charge in [0.2, 0.25) is 6.29 Å². The van der Waals surface area contributed by atoms with Crippen LogP contribution in [-0.2, 0) is 10.4 Å². The minimum absolute atomic E-state index is 0.524. The van der Waals surface area contributed by atoms with Gasteiger partial charge in [0.25, 0.3) is 0 Å². The number of aliphatic hydroxyl groups is 1. The van der Waals surface area contributed by atoms with E-state index in [1.54, 1.807) is 54.8 Å². The molecule has 2 rings (SSSR count). The second-order valence-corrected chi connectivity index (χ2v) is 3.54. The smallest absolute Gasteiger partial charge is 0.242 e. The molecule has 0 aliphatic rings. The van der Waals surface area contributed by atoms with Crippen LogP contribution in [-0.4, -0.2) is 11.4 Å². The van der Waals surface area contributed by atoms with E-state index in [1.165, 1.54) is 0 Å². The van der Waals surface area contributed by atoms with Crippen molar-refractivity contribution in [3.63, 3.8) is 0 Å². The summed E-state index contributed by atoms with van der Waals surface area (Å²) in [6, 6.07) is 17.6. The molecule has 0 amide bonds. The minimum atomic E-state index is -1.68. The van der Waals surface area contributed by atoms with E-state index in [4.69, 9.17) is 0 Å². The molecule has 2 aromatic carbocycles. The fraction of sp³-hybridized carbons (Fsp3) is 0.0714. The molecule has 0 saturated carbocycles. The van der Waals surface area contributed by atoms with Gasteiger partial charge in [0.15, 0.2) is 5.60 Å². The molecule has 0 aliphatic heterocycles. The second-order valence-electron chi connectivity index (χ2n) is 3.54. The van der Waals surface area contributed by atoms with E-state index in [0.717, 1.165) is 0 Å². The van der Waals surface area contributed by atoms with Crippen LogP contribution in [0.2, 0.25) is 0 Å². The number of hydrogen-bond donors (Lipinski definition) is 1. The van der Waals surface area contributed by atoms with Crippen LogP contribution in [0.3, 0.4) is 0 Å². The molecule has 0 spiro atoms. The lowest BCUT2D eigenvalue weighted by molar-refractivity contribution is 0.150. The number of carbonyl (C=O) groups excluding carboxylic acids is 1. The summed E-state index contributed by atoms with van der Waals surface area (Å²) in [4.78, 5) is 11.1. The van der Waals surface area contributed by atoms with Crippen molar-refractivity contribution < 1.29 is 9.90 Å². The third kappa shape index (κ3) is 1.75. The highest BCUT2D eigenvalue weighted by Crippen LogP contribution is 2.26. The van der Waals surface area contributed by atoms with Crippen LogP contribution in [0.4, 0.5) is 0 Å². The van der Waals surface area contributed by atoms with E-state index < -0.39 is 5.60 Å². The summed E-state index contributed by atoms with van der Waals surface area (Å²) in [5, 5.41) is 10.3. The Labute approximate surface area is 94.2 Å². The maximum Gasteiger partial charge on any atom is 0.242 e. The zero-order valence-electron chi connectivity index (χ0n) is 8.63. The maximum absolute atomic E-state index is 11.1. The van der Waals surface area contributed by atoms with Crippen LogP contribution in [0.15, 0.2) is 60.7 Å². The second kappa shape index (κ2) is 4.29. The molecule has 16 heavy (non-hydrogen) atoms. The Morgan fingerprint density at radius 3 is 1.50 bits per heavy atom. The Morgan fingerprint density at radius 1 is 0.812 bits per heavy atom. The predicted octanol–water partition coefficient (Wildman–Crippen LogP) is 2.03. The van der Waals surface area contributed by atoms with Gasteiger partial charge in [0, 0.05) is 0 Å². The Balaban J connectivity index is 2.53. The van der Waals surface area contributed by atoms with E-state index >= 15 is 0 Å². The van der Waals surface area contributed by atoms with Crippen molar-refractivity contribution in [1.29, 1.82) is 0 Å². The summed E-state index contributed by atoms with van der Waals surface area (Å²) in [6.45, 7) is 0. The Morgan fingerprint density at radius 2 is 1.19 bits per heavy atom. The first kappa shape index (κ1) is 10.6. The van der Waals surface area contributed by atoms with Gasteiger partial charge in [-0.2, -0.15) is 0 Å². The molecular weight excluding hydrogens is 200 g/mol. The monoisotopic (exact) mass is 211 g/mol. The average Bonchev–Trinajstić information content (AvgIpc) is 2.40. The fourth-order valence-electron chi connectivity index (χ4n) is 1.64. The minimum Gasteiger partial charge on any atom is -0.373 e. The van der Waals surface area contributed by atoms with Crippen molar-refractivity contribution in [3.8, 4) is 0 Å². The van der Waals surface area contributed by atoms with Crippen molar-refractivity contribution in [2.24, 2.45) is 0 Å². The SMILES string of the molecule is O=[C]C(O)(c1ccccc1)c1ccccc1. The summed E-state index contributed by atoms with van der Waals surface area (Å²) in [5.74, 6) is 0. The lowest BCUT2D eigenvalue weighted by Gasteiger charge is -2.21. The van der Waals surface area contributed by atoms with Gasteiger partial charge >= 0.3 is 0 Å². The number of hydrogen-bond acceptors (Lipinski definition) is 2. The maximum atomic E-state index is 11.1.